The molecule has 0 fully saturated rings. The Morgan fingerprint density at radius 2 is 1.20 bits per heavy atom. The molecule has 0 saturated carbocycles. The van der Waals surface area contributed by atoms with Gasteiger partial charge in [-0.05, 0) is 0 Å². The normalized spacial score (nSPS) is 11.9. The van der Waals surface area contributed by atoms with Gasteiger partial charge in [0.25, 0.3) is 0 Å². The first kappa shape index (κ1) is 12.7. The second-order valence-corrected chi connectivity index (χ2v) is 4.10. The third-order valence-corrected chi connectivity index (χ3v) is 0. The topological polar surface area (TPSA) is 57.5 Å². The minimum Gasteiger partial charge on any atom is -0.333 e. The lowest BCUT2D eigenvalue weighted by atomic mass is 10.8. The molecule has 0 heterocycles. The van der Waals surface area contributed by atoms with Gasteiger partial charge in [-0.25, -0.2) is 4.57 Å². The van der Waals surface area contributed by atoms with Crippen molar-refractivity contribution in [3.8, 4) is 0 Å². The van der Waals surface area contributed by atoms with Crippen molar-refractivity contribution in [3.05, 3.63) is 0 Å². The van der Waals surface area contributed by atoms with E-state index in [-0.39, 0.29) is 0 Å². The van der Waals surface area contributed by atoms with Crippen molar-refractivity contribution in [2.45, 2.75) is 0 Å². The van der Waals surface area contributed by atoms with Crippen molar-refractivity contribution in [2.75, 3.05) is 28.2 Å². The zero-order valence-corrected chi connectivity index (χ0v) is 7.47. The van der Waals surface area contributed by atoms with Gasteiger partial charge in [-0.3, -0.25) is 9.79 Å². The summed E-state index contributed by atoms with van der Waals surface area (Å²) in [6, 6.07) is 0. The summed E-state index contributed by atoms with van der Waals surface area (Å²) in [5.41, 5.74) is 0. The minimum atomic E-state index is -5.14. The lowest BCUT2D eigenvalue weighted by Gasteiger charge is -2.14. The Labute approximate surface area is 60.1 Å². The molecule has 0 rings (SSSR count). The van der Waals surface area contributed by atoms with Crippen LogP contribution in [0, 0.1) is 0 Å². The Morgan fingerprint density at radius 1 is 1.20 bits per heavy atom. The fourth-order valence-electron chi connectivity index (χ4n) is 0. The van der Waals surface area contributed by atoms with Crippen LogP contribution in [0.4, 0.5) is 4.20 Å². The van der Waals surface area contributed by atoms with Gasteiger partial charge in [0.15, 0.2) is 0 Å². The molecule has 0 radical (unpaired) electrons. The molecule has 0 aliphatic carbocycles. The first-order valence-corrected chi connectivity index (χ1v) is 4.04. The number of hydrogen-bond acceptors (Lipinski definition) is 1. The third-order valence-electron chi connectivity index (χ3n) is 0. The molecule has 64 valence electrons. The summed E-state index contributed by atoms with van der Waals surface area (Å²) in [4.78, 5) is 13.9. The van der Waals surface area contributed by atoms with E-state index in [1.165, 1.54) is 0 Å². The number of rotatable bonds is 0. The van der Waals surface area contributed by atoms with Gasteiger partial charge in [0.05, 0.1) is 28.2 Å². The van der Waals surface area contributed by atoms with Crippen LogP contribution < -0.4 is 0 Å². The molecule has 2 N–H and O–H groups in total. The van der Waals surface area contributed by atoms with Crippen LogP contribution in [0.3, 0.4) is 0 Å². The van der Waals surface area contributed by atoms with Crippen molar-refractivity contribution in [1.29, 1.82) is 0 Å². The van der Waals surface area contributed by atoms with E-state index >= 15 is 0 Å². The zero-order chi connectivity index (χ0) is 9.00. The molecule has 0 atom stereocenters. The number of hydrogen-bond donors (Lipinski definition) is 2. The molecule has 10 heavy (non-hydrogen) atoms. The van der Waals surface area contributed by atoms with Crippen molar-refractivity contribution in [1.82, 2.24) is 0 Å². The molecule has 0 aliphatic heterocycles. The molecule has 0 unspecified atom stereocenters. The molecule has 0 spiro atoms. The number of nitrogens with zero attached hydrogens (tertiary/aromatic N) is 1. The average Bonchev–Trinajstić information content (AvgIpc) is 1.12. The molecule has 0 saturated heterocycles. The van der Waals surface area contributed by atoms with Gasteiger partial charge in [0.2, 0.25) is 0 Å². The fraction of sp³-hybridized carbons (Fsp3) is 1.00. The maximum absolute atomic E-state index is 10.4. The number of halogens is 1. The highest BCUT2D eigenvalue weighted by atomic mass is 31.2. The van der Waals surface area contributed by atoms with E-state index in [4.69, 9.17) is 14.4 Å². The van der Waals surface area contributed by atoms with E-state index in [2.05, 4.69) is 28.2 Å². The third kappa shape index (κ3) is 249000. The van der Waals surface area contributed by atoms with Crippen LogP contribution in [0.25, 0.3) is 0 Å². The van der Waals surface area contributed by atoms with Gasteiger partial charge in [-0.15, -0.1) is 4.20 Å². The van der Waals surface area contributed by atoms with Crippen LogP contribution in [-0.4, -0.2) is 42.5 Å². The van der Waals surface area contributed by atoms with Gasteiger partial charge < -0.3 is 4.48 Å². The quantitative estimate of drug-likeness (QED) is 0.412. The van der Waals surface area contributed by atoms with E-state index in [0.717, 1.165) is 4.48 Å². The molecule has 0 bridgehead atoms. The summed E-state index contributed by atoms with van der Waals surface area (Å²) in [6.45, 7) is 0. The highest BCUT2D eigenvalue weighted by Crippen LogP contribution is 2.34. The maximum atomic E-state index is 10.4. The predicted octanol–water partition coefficient (Wildman–Crippen LogP) is 0.371. The Morgan fingerprint density at radius 3 is 1.20 bits per heavy atom. The first-order valence-electron chi connectivity index (χ1n) is 2.54. The van der Waals surface area contributed by atoms with Crippen molar-refractivity contribution in [2.24, 2.45) is 0 Å². The summed E-state index contributed by atoms with van der Waals surface area (Å²) in [6.07, 6.45) is 0. The second-order valence-electron chi connectivity index (χ2n) is 3.16. The monoisotopic (exact) mass is 174 g/mol. The van der Waals surface area contributed by atoms with E-state index in [1.807, 2.05) is 0 Å². The Hall–Kier alpha value is 0.0400. The summed E-state index contributed by atoms with van der Waals surface area (Å²) in [7, 11) is 3.36. The zero-order valence-electron chi connectivity index (χ0n) is 6.58. The van der Waals surface area contributed by atoms with Crippen LogP contribution in [0.15, 0.2) is 0 Å². The second kappa shape index (κ2) is 4.03. The molecule has 0 aromatic rings. The van der Waals surface area contributed by atoms with Crippen molar-refractivity contribution >= 4 is 7.91 Å². The molecule has 0 aromatic heterocycles. The molecule has 0 aromatic carbocycles. The Kier molecular flexibility index (Phi) is 5.12. The Bertz CT molecular complexity index is 113. The largest absolute Gasteiger partial charge is 0.507 e. The smallest absolute Gasteiger partial charge is 0.333 e. The van der Waals surface area contributed by atoms with Gasteiger partial charge in [0.1, 0.15) is 0 Å². The molecule has 0 amide bonds. The van der Waals surface area contributed by atoms with E-state index in [0.29, 0.717) is 0 Å². The van der Waals surface area contributed by atoms with Gasteiger partial charge in [-0.2, -0.15) is 0 Å². The number of quaternary nitrogens is 1. The summed E-state index contributed by atoms with van der Waals surface area (Å²) in [5.74, 6) is 0. The standard InChI is InChI=1S/C4H12N.FH2O3P/c2*1-5(2,3)4/h1-4H3;(H2,2,3,4)/q+1;. The highest BCUT2D eigenvalue weighted by molar-refractivity contribution is 7.45. The lowest BCUT2D eigenvalue weighted by molar-refractivity contribution is -0.849. The van der Waals surface area contributed by atoms with Crippen LogP contribution in [-0.2, 0) is 4.57 Å². The lowest BCUT2D eigenvalue weighted by Crippen LogP contribution is -2.27. The predicted molar refractivity (Wildman–Crippen MR) is 37.1 cm³/mol. The Balaban J connectivity index is 0. The van der Waals surface area contributed by atoms with Crippen LogP contribution >= 0.6 is 7.91 Å². The summed E-state index contributed by atoms with van der Waals surface area (Å²) in [5, 5.41) is 0. The van der Waals surface area contributed by atoms with Gasteiger partial charge in [-0.1, -0.05) is 0 Å². The molecule has 6 heteroatoms. The molecule has 4 nitrogen and oxygen atoms in total. The highest BCUT2D eigenvalue weighted by Gasteiger charge is 2.04. The van der Waals surface area contributed by atoms with Crippen molar-refractivity contribution < 1.29 is 23.0 Å². The van der Waals surface area contributed by atoms with Gasteiger partial charge >= 0.3 is 7.91 Å². The molecule has 0 aliphatic rings. The molecular formula is C4H14FNO3P+. The minimum absolute atomic E-state index is 1.00. The maximum Gasteiger partial charge on any atom is 0.507 e. The first-order chi connectivity index (χ1) is 4.00. The van der Waals surface area contributed by atoms with Crippen LogP contribution in [0.1, 0.15) is 0 Å². The van der Waals surface area contributed by atoms with Crippen LogP contribution in [0.2, 0.25) is 0 Å². The van der Waals surface area contributed by atoms with Crippen LogP contribution in [0.5, 0.6) is 0 Å². The molecular weight excluding hydrogens is 160 g/mol. The van der Waals surface area contributed by atoms with Gasteiger partial charge in [0, 0.05) is 0 Å². The summed E-state index contributed by atoms with van der Waals surface area (Å²) < 4.78 is 20.0. The fourth-order valence-corrected chi connectivity index (χ4v) is 0. The van der Waals surface area contributed by atoms with E-state index < -0.39 is 7.91 Å². The summed E-state index contributed by atoms with van der Waals surface area (Å²) >= 11 is 0. The SMILES string of the molecule is C[N+](C)(C)C.O=P(O)(O)F. The average molecular weight is 174 g/mol. The van der Waals surface area contributed by atoms with E-state index in [1.54, 1.807) is 0 Å². The van der Waals surface area contributed by atoms with E-state index in [9.17, 15) is 4.20 Å². The van der Waals surface area contributed by atoms with Crippen molar-refractivity contribution in [3.63, 3.8) is 0 Å².